The molecule has 2 heterocycles. The van der Waals surface area contributed by atoms with E-state index in [4.69, 9.17) is 0 Å². The van der Waals surface area contributed by atoms with Crippen LogP contribution < -0.4 is 5.32 Å². The maximum Gasteiger partial charge on any atom is 0.433 e. The van der Waals surface area contributed by atoms with Gasteiger partial charge in [0.2, 0.25) is 5.95 Å². The van der Waals surface area contributed by atoms with Crippen molar-refractivity contribution in [1.29, 1.82) is 0 Å². The minimum absolute atomic E-state index is 0.00357. The van der Waals surface area contributed by atoms with Crippen LogP contribution in [-0.4, -0.2) is 21.5 Å². The molecule has 0 aromatic carbocycles. The topological polar surface area (TPSA) is 50.7 Å². The van der Waals surface area contributed by atoms with E-state index in [1.807, 2.05) is 0 Å². The zero-order valence-corrected chi connectivity index (χ0v) is 12.6. The Labute approximate surface area is 129 Å². The van der Waals surface area contributed by atoms with Gasteiger partial charge in [-0.1, -0.05) is 0 Å². The van der Waals surface area contributed by atoms with Gasteiger partial charge in [0.25, 0.3) is 0 Å². The first-order valence-electron chi connectivity index (χ1n) is 7.14. The Balaban J connectivity index is 1.58. The van der Waals surface area contributed by atoms with Crippen LogP contribution in [0, 0.1) is 0 Å². The van der Waals surface area contributed by atoms with Crippen molar-refractivity contribution in [2.45, 2.75) is 38.3 Å². The van der Waals surface area contributed by atoms with E-state index in [-0.39, 0.29) is 5.95 Å². The Morgan fingerprint density at radius 3 is 2.77 bits per heavy atom. The molecule has 0 saturated carbocycles. The first-order valence-corrected chi connectivity index (χ1v) is 7.95. The molecule has 2 aromatic heterocycles. The maximum atomic E-state index is 12.6. The molecule has 0 aliphatic heterocycles. The monoisotopic (exact) mass is 328 g/mol. The number of hydrogen-bond donors (Lipinski definition) is 1. The van der Waals surface area contributed by atoms with Gasteiger partial charge in [-0.05, 0) is 31.7 Å². The molecule has 1 aliphatic rings. The van der Waals surface area contributed by atoms with E-state index >= 15 is 0 Å². The minimum atomic E-state index is -4.45. The highest BCUT2D eigenvalue weighted by molar-refractivity contribution is 7.11. The zero-order chi connectivity index (χ0) is 15.6. The van der Waals surface area contributed by atoms with Gasteiger partial charge in [0.05, 0.1) is 10.7 Å². The van der Waals surface area contributed by atoms with Crippen LogP contribution in [0.15, 0.2) is 12.3 Å². The Bertz CT molecular complexity index is 630. The lowest BCUT2D eigenvalue weighted by atomic mass is 10.0. The number of nitrogens with zero attached hydrogens (tertiary/aromatic N) is 3. The van der Waals surface area contributed by atoms with Crippen LogP contribution in [0.3, 0.4) is 0 Å². The van der Waals surface area contributed by atoms with E-state index in [1.165, 1.54) is 23.4 Å². The molecular formula is C14H15F3N4S. The van der Waals surface area contributed by atoms with Gasteiger partial charge in [0.1, 0.15) is 5.69 Å². The lowest BCUT2D eigenvalue weighted by Gasteiger charge is -2.07. The second-order valence-corrected chi connectivity index (χ2v) is 6.29. The molecule has 0 unspecified atom stereocenters. The summed E-state index contributed by atoms with van der Waals surface area (Å²) in [5, 5.41) is 3.85. The highest BCUT2D eigenvalue weighted by Crippen LogP contribution is 2.28. The van der Waals surface area contributed by atoms with E-state index < -0.39 is 11.9 Å². The van der Waals surface area contributed by atoms with Crippen molar-refractivity contribution in [2.24, 2.45) is 0 Å². The number of nitrogens with one attached hydrogen (secondary N) is 1. The second kappa shape index (κ2) is 6.20. The normalized spacial score (nSPS) is 14.7. The summed E-state index contributed by atoms with van der Waals surface area (Å²) in [5.41, 5.74) is 0.260. The fourth-order valence-electron chi connectivity index (χ4n) is 2.40. The smallest absolute Gasteiger partial charge is 0.354 e. The van der Waals surface area contributed by atoms with E-state index in [2.05, 4.69) is 20.3 Å². The van der Waals surface area contributed by atoms with Crippen LogP contribution in [0.5, 0.6) is 0 Å². The largest absolute Gasteiger partial charge is 0.433 e. The average molecular weight is 328 g/mol. The number of aryl methyl sites for hydroxylation is 2. The molecule has 3 rings (SSSR count). The molecular weight excluding hydrogens is 313 g/mol. The summed E-state index contributed by atoms with van der Waals surface area (Å²) < 4.78 is 37.7. The van der Waals surface area contributed by atoms with Gasteiger partial charge in [-0.15, -0.1) is 11.3 Å². The first kappa shape index (κ1) is 15.2. The Morgan fingerprint density at radius 2 is 2.00 bits per heavy atom. The van der Waals surface area contributed by atoms with Crippen molar-refractivity contribution < 1.29 is 13.2 Å². The van der Waals surface area contributed by atoms with Crippen LogP contribution in [0.25, 0.3) is 0 Å². The molecule has 0 radical (unpaired) electrons. The van der Waals surface area contributed by atoms with Gasteiger partial charge in [0.15, 0.2) is 0 Å². The zero-order valence-electron chi connectivity index (χ0n) is 11.8. The van der Waals surface area contributed by atoms with Crippen LogP contribution >= 0.6 is 11.3 Å². The van der Waals surface area contributed by atoms with Crippen LogP contribution in [0.1, 0.15) is 34.1 Å². The quantitative estimate of drug-likeness (QED) is 0.933. The van der Waals surface area contributed by atoms with E-state index in [9.17, 15) is 13.2 Å². The lowest BCUT2D eigenvalue weighted by Crippen LogP contribution is -2.13. The van der Waals surface area contributed by atoms with E-state index in [0.29, 0.717) is 13.0 Å². The summed E-state index contributed by atoms with van der Waals surface area (Å²) in [5.74, 6) is -0.00357. The molecule has 8 heteroatoms. The summed E-state index contributed by atoms with van der Waals surface area (Å²) >= 11 is 1.71. The number of thiazole rings is 1. The second-order valence-electron chi connectivity index (χ2n) is 5.12. The average Bonchev–Trinajstić information content (AvgIpc) is 2.89. The molecule has 22 heavy (non-hydrogen) atoms. The van der Waals surface area contributed by atoms with Gasteiger partial charge >= 0.3 is 6.18 Å². The van der Waals surface area contributed by atoms with Gasteiger partial charge in [-0.3, -0.25) is 0 Å². The summed E-state index contributed by atoms with van der Waals surface area (Å²) in [7, 11) is 0. The number of hydrogen-bond acceptors (Lipinski definition) is 5. The van der Waals surface area contributed by atoms with Gasteiger partial charge < -0.3 is 5.32 Å². The van der Waals surface area contributed by atoms with E-state index in [1.54, 1.807) is 11.3 Å². The SMILES string of the molecule is FC(F)(F)c1ccnc(NCCc2nc3c(s2)CCCC3)n1. The molecule has 2 aromatic rings. The fraction of sp³-hybridized carbons (Fsp3) is 0.500. The first-order chi connectivity index (χ1) is 10.5. The molecule has 1 aliphatic carbocycles. The van der Waals surface area contributed by atoms with Gasteiger partial charge in [-0.2, -0.15) is 13.2 Å². The van der Waals surface area contributed by atoms with Crippen molar-refractivity contribution in [3.05, 3.63) is 33.5 Å². The maximum absolute atomic E-state index is 12.6. The molecule has 0 saturated heterocycles. The fourth-order valence-corrected chi connectivity index (χ4v) is 3.55. The molecule has 118 valence electrons. The minimum Gasteiger partial charge on any atom is -0.354 e. The predicted octanol–water partition coefficient (Wildman–Crippen LogP) is 3.49. The predicted molar refractivity (Wildman–Crippen MR) is 78.0 cm³/mol. The number of anilines is 1. The molecule has 0 bridgehead atoms. The van der Waals surface area contributed by atoms with Crippen LogP contribution in [0.4, 0.5) is 19.1 Å². The molecule has 0 amide bonds. The summed E-state index contributed by atoms with van der Waals surface area (Å²) in [4.78, 5) is 13.2. The van der Waals surface area contributed by atoms with Gasteiger partial charge in [0, 0.05) is 24.0 Å². The van der Waals surface area contributed by atoms with E-state index in [0.717, 1.165) is 30.1 Å². The number of alkyl halides is 3. The van der Waals surface area contributed by atoms with Crippen LogP contribution in [-0.2, 0) is 25.4 Å². The lowest BCUT2D eigenvalue weighted by molar-refractivity contribution is -0.141. The van der Waals surface area contributed by atoms with Crippen molar-refractivity contribution in [2.75, 3.05) is 11.9 Å². The number of rotatable bonds is 4. The highest BCUT2D eigenvalue weighted by Gasteiger charge is 2.32. The Morgan fingerprint density at radius 1 is 1.18 bits per heavy atom. The molecule has 0 fully saturated rings. The van der Waals surface area contributed by atoms with Crippen molar-refractivity contribution in [1.82, 2.24) is 15.0 Å². The third-order valence-corrected chi connectivity index (χ3v) is 4.68. The standard InChI is InChI=1S/C14H15F3N4S/c15-14(16,17)11-5-7-18-13(21-11)19-8-6-12-20-9-3-1-2-4-10(9)22-12/h5,7H,1-4,6,8H2,(H,18,19,21). The molecule has 0 spiro atoms. The molecule has 0 atom stereocenters. The van der Waals surface area contributed by atoms with Crippen molar-refractivity contribution in [3.63, 3.8) is 0 Å². The number of fused-ring (bicyclic) bond motifs is 1. The number of aromatic nitrogens is 3. The Hall–Kier alpha value is -1.70. The highest BCUT2D eigenvalue weighted by atomic mass is 32.1. The van der Waals surface area contributed by atoms with Crippen molar-refractivity contribution >= 4 is 17.3 Å². The molecule has 4 nitrogen and oxygen atoms in total. The number of halogens is 3. The summed E-state index contributed by atoms with van der Waals surface area (Å²) in [6.45, 7) is 0.466. The molecule has 1 N–H and O–H groups in total. The van der Waals surface area contributed by atoms with Crippen molar-refractivity contribution in [3.8, 4) is 0 Å². The summed E-state index contributed by atoms with van der Waals surface area (Å²) in [6.07, 6.45) is 1.86. The Kier molecular flexibility index (Phi) is 4.28. The third kappa shape index (κ3) is 3.55. The summed E-state index contributed by atoms with van der Waals surface area (Å²) in [6, 6.07) is 0.861. The van der Waals surface area contributed by atoms with Crippen LogP contribution in [0.2, 0.25) is 0 Å². The third-order valence-electron chi connectivity index (χ3n) is 3.46. The van der Waals surface area contributed by atoms with Gasteiger partial charge in [-0.25, -0.2) is 15.0 Å².